The summed E-state index contributed by atoms with van der Waals surface area (Å²) < 4.78 is 0. The van der Waals surface area contributed by atoms with Gasteiger partial charge in [0.1, 0.15) is 0 Å². The number of rotatable bonds is 9. The highest BCUT2D eigenvalue weighted by Crippen LogP contribution is 2.27. The fraction of sp³-hybridized carbons (Fsp3) is 0.0811. The number of benzene rings is 5. The molecule has 0 unspecified atom stereocenters. The molecule has 2 N–H and O–H groups in total. The van der Waals surface area contributed by atoms with Gasteiger partial charge in [-0.05, 0) is 78.4 Å². The summed E-state index contributed by atoms with van der Waals surface area (Å²) in [5.74, 6) is 3.35. The Labute approximate surface area is 237 Å². The molecule has 0 aliphatic heterocycles. The van der Waals surface area contributed by atoms with Gasteiger partial charge in [-0.25, -0.2) is 4.99 Å². The summed E-state index contributed by atoms with van der Waals surface area (Å²) in [6.07, 6.45) is 2.07. The van der Waals surface area contributed by atoms with Gasteiger partial charge in [0.25, 0.3) is 0 Å². The predicted octanol–water partition coefficient (Wildman–Crippen LogP) is 9.36. The molecule has 0 radical (unpaired) electrons. The van der Waals surface area contributed by atoms with E-state index in [9.17, 15) is 0 Å². The molecule has 3 heteroatoms. The Balaban J connectivity index is 1.47. The van der Waals surface area contributed by atoms with Crippen molar-refractivity contribution in [3.8, 4) is 0 Å². The quantitative estimate of drug-likeness (QED) is 0.190. The van der Waals surface area contributed by atoms with E-state index < -0.39 is 0 Å². The van der Waals surface area contributed by atoms with Gasteiger partial charge < -0.3 is 10.6 Å². The second kappa shape index (κ2) is 13.1. The molecular weight excluding hydrogens is 486 g/mol. The van der Waals surface area contributed by atoms with Crippen molar-refractivity contribution in [3.05, 3.63) is 167 Å². The molecule has 5 rings (SSSR count). The van der Waals surface area contributed by atoms with Crippen molar-refractivity contribution < 1.29 is 0 Å². The minimum absolute atomic E-state index is 0.848. The maximum atomic E-state index is 4.76. The van der Waals surface area contributed by atoms with Gasteiger partial charge >= 0.3 is 0 Å². The monoisotopic (exact) mass is 519 g/mol. The first-order valence-corrected chi connectivity index (χ1v) is 13.6. The van der Waals surface area contributed by atoms with E-state index in [1.165, 1.54) is 5.56 Å². The standard InChI is InChI=1S/C37H33N3/c1-3-38-33-22-16-31(17-23-33)37(30-12-8-5-9-13-30)27-40-35-24-18-32(19-25-35)36(29-10-6-4-7-11-29)26-39-34-20-14-28(2)15-21-34/h4-26,38-39H,3H2,1-2H3. The number of hydrogen-bond donors (Lipinski definition) is 2. The third-order valence-electron chi connectivity index (χ3n) is 6.61. The van der Waals surface area contributed by atoms with Crippen molar-refractivity contribution in [2.24, 2.45) is 4.99 Å². The van der Waals surface area contributed by atoms with E-state index in [0.29, 0.717) is 0 Å². The first kappa shape index (κ1) is 26.5. The van der Waals surface area contributed by atoms with Crippen LogP contribution in [0.3, 0.4) is 0 Å². The van der Waals surface area contributed by atoms with Crippen molar-refractivity contribution >= 4 is 34.1 Å². The van der Waals surface area contributed by atoms with Crippen molar-refractivity contribution in [2.45, 2.75) is 13.8 Å². The summed E-state index contributed by atoms with van der Waals surface area (Å²) in [7, 11) is 0. The van der Waals surface area contributed by atoms with Crippen LogP contribution in [0.4, 0.5) is 17.1 Å². The average Bonchev–Trinajstić information content (AvgIpc) is 3.01. The number of nitrogens with one attached hydrogen (secondary N) is 2. The molecule has 0 aliphatic rings. The van der Waals surface area contributed by atoms with Gasteiger partial charge in [-0.3, -0.25) is 0 Å². The van der Waals surface area contributed by atoms with E-state index in [1.54, 1.807) is 0 Å². The van der Waals surface area contributed by atoms with Crippen LogP contribution in [0.2, 0.25) is 0 Å². The van der Waals surface area contributed by atoms with Crippen molar-refractivity contribution in [1.82, 2.24) is 0 Å². The summed E-state index contributed by atoms with van der Waals surface area (Å²) in [4.78, 5) is 4.76. The molecule has 0 amide bonds. The van der Waals surface area contributed by atoms with Crippen LogP contribution in [-0.2, 0) is 0 Å². The normalized spacial score (nSPS) is 10.9. The smallest absolute Gasteiger partial charge is 0.0730 e. The lowest BCUT2D eigenvalue weighted by atomic mass is 9.98. The number of nitrogens with zero attached hydrogens (tertiary/aromatic N) is 1. The lowest BCUT2D eigenvalue weighted by Gasteiger charge is -2.11. The van der Waals surface area contributed by atoms with Crippen LogP contribution in [0, 0.1) is 6.92 Å². The molecule has 0 atom stereocenters. The van der Waals surface area contributed by atoms with Crippen LogP contribution in [0.5, 0.6) is 0 Å². The second-order valence-corrected chi connectivity index (χ2v) is 9.55. The first-order valence-electron chi connectivity index (χ1n) is 13.6. The van der Waals surface area contributed by atoms with Gasteiger partial charge in [-0.1, -0.05) is 103 Å². The number of hydrogen-bond acceptors (Lipinski definition) is 3. The van der Waals surface area contributed by atoms with Crippen LogP contribution in [0.1, 0.15) is 34.7 Å². The van der Waals surface area contributed by atoms with Crippen LogP contribution < -0.4 is 10.6 Å². The molecule has 0 aromatic heterocycles. The fourth-order valence-electron chi connectivity index (χ4n) is 4.45. The lowest BCUT2D eigenvalue weighted by molar-refractivity contribution is 1.21. The van der Waals surface area contributed by atoms with Crippen LogP contribution >= 0.6 is 0 Å². The number of anilines is 2. The van der Waals surface area contributed by atoms with Gasteiger partial charge in [0.2, 0.25) is 0 Å². The van der Waals surface area contributed by atoms with E-state index in [0.717, 1.165) is 57.0 Å². The van der Waals surface area contributed by atoms with Crippen molar-refractivity contribution in [3.63, 3.8) is 0 Å². The molecule has 0 saturated carbocycles. The Hall–Kier alpha value is -5.11. The Morgan fingerprint density at radius 3 is 1.77 bits per heavy atom. The largest absolute Gasteiger partial charge is 0.385 e. The lowest BCUT2D eigenvalue weighted by Crippen LogP contribution is -1.96. The first-order chi connectivity index (χ1) is 19.7. The predicted molar refractivity (Wildman–Crippen MR) is 171 cm³/mol. The zero-order chi connectivity index (χ0) is 27.6. The third kappa shape index (κ3) is 6.85. The van der Waals surface area contributed by atoms with Gasteiger partial charge in [-0.15, -0.1) is 0 Å². The molecular formula is C37H33N3. The molecule has 0 aliphatic carbocycles. The van der Waals surface area contributed by atoms with E-state index >= 15 is 0 Å². The van der Waals surface area contributed by atoms with E-state index in [2.05, 4.69) is 134 Å². The molecule has 0 saturated heterocycles. The van der Waals surface area contributed by atoms with Gasteiger partial charge in [-0.2, -0.15) is 0 Å². The summed E-state index contributed by atoms with van der Waals surface area (Å²) in [5.41, 5.74) is 10.7. The molecule has 0 heterocycles. The Bertz CT molecular complexity index is 1610. The molecule has 40 heavy (non-hydrogen) atoms. The maximum absolute atomic E-state index is 4.76. The Kier molecular flexibility index (Phi) is 8.68. The molecule has 196 valence electrons. The topological polar surface area (TPSA) is 36.4 Å². The van der Waals surface area contributed by atoms with Gasteiger partial charge in [0.05, 0.1) is 11.3 Å². The SMILES string of the molecule is CCNc1ccc(C(=C=Nc2ccc(C(=CNc3ccc(C)cc3)c3ccccc3)cc2)c2ccccc2)cc1. The van der Waals surface area contributed by atoms with Crippen LogP contribution in [0.15, 0.2) is 145 Å². The Morgan fingerprint density at radius 2 is 1.15 bits per heavy atom. The highest BCUT2D eigenvalue weighted by Gasteiger charge is 2.07. The minimum atomic E-state index is 0.848. The molecule has 5 aromatic rings. The highest BCUT2D eigenvalue weighted by atomic mass is 14.8. The number of aliphatic imine (C=N–C) groups is 1. The molecule has 5 aromatic carbocycles. The zero-order valence-corrected chi connectivity index (χ0v) is 22.9. The van der Waals surface area contributed by atoms with Crippen molar-refractivity contribution in [2.75, 3.05) is 17.2 Å². The van der Waals surface area contributed by atoms with E-state index in [1.807, 2.05) is 36.4 Å². The van der Waals surface area contributed by atoms with Crippen molar-refractivity contribution in [1.29, 1.82) is 0 Å². The summed E-state index contributed by atoms with van der Waals surface area (Å²) in [6.45, 7) is 5.08. The summed E-state index contributed by atoms with van der Waals surface area (Å²) in [5, 5.41) is 6.82. The average molecular weight is 520 g/mol. The van der Waals surface area contributed by atoms with E-state index in [-0.39, 0.29) is 0 Å². The Morgan fingerprint density at radius 1 is 0.625 bits per heavy atom. The van der Waals surface area contributed by atoms with Gasteiger partial charge in [0, 0.05) is 29.7 Å². The molecule has 3 nitrogen and oxygen atoms in total. The molecule has 0 fully saturated rings. The second-order valence-electron chi connectivity index (χ2n) is 9.55. The maximum Gasteiger partial charge on any atom is 0.0730 e. The fourth-order valence-corrected chi connectivity index (χ4v) is 4.45. The van der Waals surface area contributed by atoms with E-state index in [4.69, 9.17) is 4.99 Å². The molecule has 0 bridgehead atoms. The summed E-state index contributed by atoms with van der Waals surface area (Å²) >= 11 is 0. The zero-order valence-electron chi connectivity index (χ0n) is 22.9. The third-order valence-corrected chi connectivity index (χ3v) is 6.61. The van der Waals surface area contributed by atoms with Crippen LogP contribution in [-0.4, -0.2) is 12.4 Å². The van der Waals surface area contributed by atoms with Crippen LogP contribution in [0.25, 0.3) is 11.1 Å². The highest BCUT2D eigenvalue weighted by molar-refractivity contribution is 5.99. The number of aryl methyl sites for hydroxylation is 1. The molecule has 0 spiro atoms. The van der Waals surface area contributed by atoms with Gasteiger partial charge in [0.15, 0.2) is 0 Å². The minimum Gasteiger partial charge on any atom is -0.385 e. The summed E-state index contributed by atoms with van der Waals surface area (Å²) in [6, 6.07) is 45.9.